The lowest BCUT2D eigenvalue weighted by atomic mass is 10.2. The summed E-state index contributed by atoms with van der Waals surface area (Å²) in [5.41, 5.74) is -0.0416. The average molecular weight is 254 g/mol. The molecular weight excluding hydrogens is 240 g/mol. The van der Waals surface area contributed by atoms with E-state index < -0.39 is 11.9 Å². The number of carboxylic acid groups (broad SMARTS) is 1. The first-order chi connectivity index (χ1) is 8.58. The van der Waals surface area contributed by atoms with Gasteiger partial charge in [0.15, 0.2) is 6.61 Å². The Balaban J connectivity index is 2.84. The highest BCUT2D eigenvalue weighted by molar-refractivity contribution is 5.91. The zero-order valence-corrected chi connectivity index (χ0v) is 10.1. The van der Waals surface area contributed by atoms with E-state index in [4.69, 9.17) is 14.6 Å². The van der Waals surface area contributed by atoms with Crippen LogP contribution in [0, 0.1) is 0 Å². The van der Waals surface area contributed by atoms with Gasteiger partial charge in [-0.25, -0.2) is 9.59 Å². The van der Waals surface area contributed by atoms with Crippen molar-refractivity contribution in [3.05, 3.63) is 23.8 Å². The molecule has 0 heterocycles. The molecule has 0 aliphatic carbocycles. The number of aromatic carboxylic acids is 1. The summed E-state index contributed by atoms with van der Waals surface area (Å²) >= 11 is 0. The maximum absolute atomic E-state index is 11.1. The monoisotopic (exact) mass is 254 g/mol. The predicted molar refractivity (Wildman–Crippen MR) is 62.1 cm³/mol. The molecule has 0 bridgehead atoms. The van der Waals surface area contributed by atoms with Crippen LogP contribution in [0.25, 0.3) is 0 Å². The Morgan fingerprint density at radius 2 is 2.06 bits per heavy atom. The molecule has 6 heteroatoms. The largest absolute Gasteiger partial charge is 0.497 e. The van der Waals surface area contributed by atoms with Crippen molar-refractivity contribution in [3.8, 4) is 11.5 Å². The number of esters is 1. The molecule has 0 fully saturated rings. The normalized spacial score (nSPS) is 9.67. The predicted octanol–water partition coefficient (Wildman–Crippen LogP) is 1.34. The smallest absolute Gasteiger partial charge is 0.344 e. The number of benzene rings is 1. The number of methoxy groups -OCH3 is 1. The topological polar surface area (TPSA) is 82.1 Å². The minimum atomic E-state index is -1.14. The van der Waals surface area contributed by atoms with E-state index >= 15 is 0 Å². The molecule has 0 saturated carbocycles. The van der Waals surface area contributed by atoms with Crippen molar-refractivity contribution >= 4 is 11.9 Å². The number of carbonyl (C=O) groups is 2. The van der Waals surface area contributed by atoms with E-state index in [1.165, 1.54) is 25.3 Å². The fourth-order valence-corrected chi connectivity index (χ4v) is 1.27. The number of rotatable bonds is 6. The van der Waals surface area contributed by atoms with E-state index in [0.29, 0.717) is 5.75 Å². The molecule has 1 aromatic carbocycles. The summed E-state index contributed by atoms with van der Waals surface area (Å²) in [4.78, 5) is 22.1. The van der Waals surface area contributed by atoms with Gasteiger partial charge in [-0.1, -0.05) is 0 Å². The van der Waals surface area contributed by atoms with Crippen LogP contribution in [0.2, 0.25) is 0 Å². The Morgan fingerprint density at radius 1 is 1.33 bits per heavy atom. The van der Waals surface area contributed by atoms with Crippen molar-refractivity contribution in [2.75, 3.05) is 20.3 Å². The highest BCUT2D eigenvalue weighted by atomic mass is 16.6. The van der Waals surface area contributed by atoms with E-state index in [9.17, 15) is 9.59 Å². The quantitative estimate of drug-likeness (QED) is 0.771. The van der Waals surface area contributed by atoms with E-state index in [1.807, 2.05) is 0 Å². The highest BCUT2D eigenvalue weighted by Crippen LogP contribution is 2.24. The van der Waals surface area contributed by atoms with Crippen LogP contribution in [0.4, 0.5) is 0 Å². The lowest BCUT2D eigenvalue weighted by molar-refractivity contribution is -0.145. The van der Waals surface area contributed by atoms with E-state index in [-0.39, 0.29) is 24.5 Å². The summed E-state index contributed by atoms with van der Waals surface area (Å²) < 4.78 is 14.8. The lowest BCUT2D eigenvalue weighted by Gasteiger charge is -2.10. The first kappa shape index (κ1) is 13.8. The van der Waals surface area contributed by atoms with Gasteiger partial charge in [-0.3, -0.25) is 0 Å². The maximum Gasteiger partial charge on any atom is 0.344 e. The second kappa shape index (κ2) is 6.48. The Labute approximate surface area is 104 Å². The third-order valence-electron chi connectivity index (χ3n) is 2.07. The van der Waals surface area contributed by atoms with Crippen molar-refractivity contribution in [1.29, 1.82) is 0 Å². The second-order valence-corrected chi connectivity index (χ2v) is 3.26. The minimum Gasteiger partial charge on any atom is -0.497 e. The molecule has 1 aromatic rings. The van der Waals surface area contributed by atoms with E-state index in [1.54, 1.807) is 6.92 Å². The molecule has 1 rings (SSSR count). The maximum atomic E-state index is 11.1. The van der Waals surface area contributed by atoms with Gasteiger partial charge in [0, 0.05) is 6.07 Å². The van der Waals surface area contributed by atoms with E-state index in [0.717, 1.165) is 0 Å². The van der Waals surface area contributed by atoms with Gasteiger partial charge in [0.05, 0.1) is 13.7 Å². The average Bonchev–Trinajstić information content (AvgIpc) is 2.36. The van der Waals surface area contributed by atoms with Crippen LogP contribution in [0.15, 0.2) is 18.2 Å². The van der Waals surface area contributed by atoms with Gasteiger partial charge in [0.2, 0.25) is 0 Å². The van der Waals surface area contributed by atoms with Crippen molar-refractivity contribution in [3.63, 3.8) is 0 Å². The van der Waals surface area contributed by atoms with Gasteiger partial charge < -0.3 is 19.3 Å². The molecule has 98 valence electrons. The molecule has 6 nitrogen and oxygen atoms in total. The lowest BCUT2D eigenvalue weighted by Crippen LogP contribution is -2.16. The Kier molecular flexibility index (Phi) is 4.98. The molecule has 0 radical (unpaired) electrons. The molecule has 0 aromatic heterocycles. The summed E-state index contributed by atoms with van der Waals surface area (Å²) in [6.45, 7) is 1.57. The molecule has 1 N–H and O–H groups in total. The number of carbonyl (C=O) groups excluding carboxylic acids is 1. The molecule has 0 amide bonds. The Hall–Kier alpha value is -2.24. The summed E-state index contributed by atoms with van der Waals surface area (Å²) in [5.74, 6) is -1.19. The zero-order chi connectivity index (χ0) is 13.5. The van der Waals surface area contributed by atoms with Crippen LogP contribution in [0.1, 0.15) is 17.3 Å². The molecule has 0 aliphatic heterocycles. The molecule has 18 heavy (non-hydrogen) atoms. The van der Waals surface area contributed by atoms with Crippen LogP contribution >= 0.6 is 0 Å². The molecule has 0 atom stereocenters. The fraction of sp³-hybridized carbons (Fsp3) is 0.333. The van der Waals surface area contributed by atoms with Crippen molar-refractivity contribution in [2.24, 2.45) is 0 Å². The second-order valence-electron chi connectivity index (χ2n) is 3.26. The molecule has 0 saturated heterocycles. The fourth-order valence-electron chi connectivity index (χ4n) is 1.27. The SMILES string of the molecule is CCOC(=O)COc1cc(OC)ccc1C(=O)O. The summed E-state index contributed by atoms with van der Waals surface area (Å²) in [5, 5.41) is 8.96. The van der Waals surface area contributed by atoms with Gasteiger partial charge in [-0.05, 0) is 19.1 Å². The Bertz CT molecular complexity index is 440. The summed E-state index contributed by atoms with van der Waals surface area (Å²) in [6.07, 6.45) is 0. The molecule has 0 spiro atoms. The first-order valence-corrected chi connectivity index (χ1v) is 5.28. The van der Waals surface area contributed by atoms with Crippen molar-refractivity contribution in [2.45, 2.75) is 6.92 Å². The van der Waals surface area contributed by atoms with E-state index in [2.05, 4.69) is 4.74 Å². The minimum absolute atomic E-state index is 0.0416. The number of hydrogen-bond donors (Lipinski definition) is 1. The molecular formula is C12H14O6. The van der Waals surface area contributed by atoms with Gasteiger partial charge in [0.1, 0.15) is 17.1 Å². The highest BCUT2D eigenvalue weighted by Gasteiger charge is 2.14. The number of ether oxygens (including phenoxy) is 3. The first-order valence-electron chi connectivity index (χ1n) is 5.28. The van der Waals surface area contributed by atoms with Crippen molar-refractivity contribution in [1.82, 2.24) is 0 Å². The Morgan fingerprint density at radius 3 is 2.61 bits per heavy atom. The molecule has 0 aliphatic rings. The molecule has 0 unspecified atom stereocenters. The van der Waals surface area contributed by atoms with Crippen LogP contribution in [0.5, 0.6) is 11.5 Å². The van der Waals surface area contributed by atoms with Crippen LogP contribution in [-0.2, 0) is 9.53 Å². The van der Waals surface area contributed by atoms with Gasteiger partial charge >= 0.3 is 11.9 Å². The third kappa shape index (κ3) is 3.65. The summed E-state index contributed by atoms with van der Waals surface area (Å²) in [6, 6.07) is 4.25. The zero-order valence-electron chi connectivity index (χ0n) is 10.1. The standard InChI is InChI=1S/C12H14O6/c1-3-17-11(13)7-18-10-6-8(16-2)4-5-9(10)12(14)15/h4-6H,3,7H2,1-2H3,(H,14,15). The number of carboxylic acids is 1. The van der Waals surface area contributed by atoms with Crippen LogP contribution in [-0.4, -0.2) is 37.4 Å². The van der Waals surface area contributed by atoms with Gasteiger partial charge in [-0.2, -0.15) is 0 Å². The van der Waals surface area contributed by atoms with Gasteiger partial charge in [-0.15, -0.1) is 0 Å². The van der Waals surface area contributed by atoms with Crippen LogP contribution in [0.3, 0.4) is 0 Å². The third-order valence-corrected chi connectivity index (χ3v) is 2.07. The summed E-state index contributed by atoms with van der Waals surface area (Å²) in [7, 11) is 1.45. The van der Waals surface area contributed by atoms with Crippen LogP contribution < -0.4 is 9.47 Å². The number of hydrogen-bond acceptors (Lipinski definition) is 5. The van der Waals surface area contributed by atoms with Crippen molar-refractivity contribution < 1.29 is 28.9 Å². The van der Waals surface area contributed by atoms with Gasteiger partial charge in [0.25, 0.3) is 0 Å².